The molecule has 6 heteroatoms. The largest absolute Gasteiger partial charge is 0.452 e. The maximum atomic E-state index is 13.7. The van der Waals surface area contributed by atoms with E-state index in [0.717, 1.165) is 17.7 Å². The lowest BCUT2D eigenvalue weighted by atomic mass is 10.0. The summed E-state index contributed by atoms with van der Waals surface area (Å²) in [5.41, 5.74) is 1.37. The Balaban J connectivity index is 1.99. The van der Waals surface area contributed by atoms with Gasteiger partial charge in [0.05, 0.1) is 17.2 Å². The molecule has 128 valence electrons. The molecular formula is C19H17FN2O3. The Morgan fingerprint density at radius 3 is 2.60 bits per heavy atom. The van der Waals surface area contributed by atoms with Crippen molar-refractivity contribution in [3.05, 3.63) is 65.0 Å². The predicted molar refractivity (Wildman–Crippen MR) is 90.6 cm³/mol. The molecule has 0 bridgehead atoms. The molecular weight excluding hydrogens is 323 g/mol. The first-order chi connectivity index (χ1) is 11.9. The van der Waals surface area contributed by atoms with E-state index in [4.69, 9.17) is 10.00 Å². The summed E-state index contributed by atoms with van der Waals surface area (Å²) in [5.74, 6) is -2.13. The van der Waals surface area contributed by atoms with Gasteiger partial charge in [-0.25, -0.2) is 9.18 Å². The molecule has 0 unspecified atom stereocenters. The Hall–Kier alpha value is -3.20. The monoisotopic (exact) mass is 340 g/mol. The number of nitrogens with zero attached hydrogens (tertiary/aromatic N) is 1. The summed E-state index contributed by atoms with van der Waals surface area (Å²) in [6, 6.07) is 12.5. The van der Waals surface area contributed by atoms with Gasteiger partial charge in [0, 0.05) is 5.69 Å². The number of esters is 1. The lowest BCUT2D eigenvalue weighted by molar-refractivity contribution is -0.119. The van der Waals surface area contributed by atoms with Crippen LogP contribution in [0.3, 0.4) is 0 Å². The minimum absolute atomic E-state index is 0.0945. The van der Waals surface area contributed by atoms with Crippen LogP contribution in [0.15, 0.2) is 42.5 Å². The molecule has 0 heterocycles. The van der Waals surface area contributed by atoms with Crippen LogP contribution in [0.2, 0.25) is 0 Å². The number of hydrogen-bond acceptors (Lipinski definition) is 4. The predicted octanol–water partition coefficient (Wildman–Crippen LogP) is 3.62. The number of halogens is 1. The molecule has 0 atom stereocenters. The van der Waals surface area contributed by atoms with Crippen LogP contribution in [0.4, 0.5) is 10.1 Å². The van der Waals surface area contributed by atoms with Crippen molar-refractivity contribution in [1.82, 2.24) is 0 Å². The number of amides is 1. The van der Waals surface area contributed by atoms with Crippen molar-refractivity contribution in [2.24, 2.45) is 0 Å². The highest BCUT2D eigenvalue weighted by molar-refractivity contribution is 5.96. The van der Waals surface area contributed by atoms with Gasteiger partial charge >= 0.3 is 5.97 Å². The fourth-order valence-corrected chi connectivity index (χ4v) is 2.26. The van der Waals surface area contributed by atoms with Crippen LogP contribution in [0.5, 0.6) is 0 Å². The number of anilines is 1. The fraction of sp³-hybridized carbons (Fsp3) is 0.211. The van der Waals surface area contributed by atoms with Crippen LogP contribution in [0.25, 0.3) is 0 Å². The maximum Gasteiger partial charge on any atom is 0.341 e. The van der Waals surface area contributed by atoms with E-state index in [0.29, 0.717) is 5.69 Å². The smallest absolute Gasteiger partial charge is 0.341 e. The van der Waals surface area contributed by atoms with Crippen molar-refractivity contribution < 1.29 is 18.7 Å². The van der Waals surface area contributed by atoms with Crippen molar-refractivity contribution in [3.8, 4) is 6.07 Å². The average molecular weight is 340 g/mol. The van der Waals surface area contributed by atoms with E-state index < -0.39 is 24.3 Å². The molecule has 2 aromatic rings. The molecule has 2 rings (SSSR count). The third kappa shape index (κ3) is 4.64. The number of rotatable bonds is 5. The number of benzene rings is 2. The molecule has 1 amide bonds. The van der Waals surface area contributed by atoms with E-state index in [1.807, 2.05) is 26.0 Å². The number of hydrogen-bond donors (Lipinski definition) is 1. The van der Waals surface area contributed by atoms with Gasteiger partial charge in [-0.2, -0.15) is 5.26 Å². The summed E-state index contributed by atoms with van der Waals surface area (Å²) in [4.78, 5) is 23.9. The number of ether oxygens (including phenoxy) is 1. The molecule has 25 heavy (non-hydrogen) atoms. The van der Waals surface area contributed by atoms with E-state index in [1.165, 1.54) is 6.07 Å². The van der Waals surface area contributed by atoms with Gasteiger partial charge in [0.1, 0.15) is 5.82 Å². The van der Waals surface area contributed by atoms with E-state index in [2.05, 4.69) is 5.32 Å². The first-order valence-electron chi connectivity index (χ1n) is 7.68. The number of nitrogens with one attached hydrogen (secondary N) is 1. The molecule has 0 saturated heterocycles. The fourth-order valence-electron chi connectivity index (χ4n) is 2.26. The average Bonchev–Trinajstić information content (AvgIpc) is 2.59. The molecule has 0 aliphatic rings. The first kappa shape index (κ1) is 18.1. The first-order valence-corrected chi connectivity index (χ1v) is 7.68. The molecule has 2 aromatic carbocycles. The zero-order valence-electron chi connectivity index (χ0n) is 13.9. The minimum Gasteiger partial charge on any atom is -0.452 e. The SMILES string of the molecule is CC(C)c1ccccc1NC(=O)COC(=O)c1ccc(C#N)cc1F. The lowest BCUT2D eigenvalue weighted by Gasteiger charge is -2.13. The normalized spacial score (nSPS) is 10.2. The van der Waals surface area contributed by atoms with E-state index >= 15 is 0 Å². The van der Waals surface area contributed by atoms with Crippen LogP contribution >= 0.6 is 0 Å². The highest BCUT2D eigenvalue weighted by atomic mass is 19.1. The Morgan fingerprint density at radius 2 is 1.96 bits per heavy atom. The Labute approximate surface area is 145 Å². The maximum absolute atomic E-state index is 13.7. The van der Waals surface area contributed by atoms with Gasteiger partial charge in [-0.15, -0.1) is 0 Å². The third-order valence-electron chi connectivity index (χ3n) is 3.51. The van der Waals surface area contributed by atoms with Crippen molar-refractivity contribution in [1.29, 1.82) is 5.26 Å². The molecule has 0 radical (unpaired) electrons. The number of para-hydroxylation sites is 1. The number of nitriles is 1. The highest BCUT2D eigenvalue weighted by Crippen LogP contribution is 2.23. The lowest BCUT2D eigenvalue weighted by Crippen LogP contribution is -2.22. The molecule has 0 spiro atoms. The summed E-state index contributed by atoms with van der Waals surface area (Å²) in [5, 5.41) is 11.4. The highest BCUT2D eigenvalue weighted by Gasteiger charge is 2.16. The number of carbonyl (C=O) groups excluding carboxylic acids is 2. The van der Waals surface area contributed by atoms with Crippen LogP contribution in [-0.4, -0.2) is 18.5 Å². The van der Waals surface area contributed by atoms with E-state index in [9.17, 15) is 14.0 Å². The second-order valence-electron chi connectivity index (χ2n) is 5.67. The van der Waals surface area contributed by atoms with Gasteiger partial charge in [0.25, 0.3) is 5.91 Å². The second kappa shape index (κ2) is 8.06. The Kier molecular flexibility index (Phi) is 5.85. The molecule has 0 aliphatic carbocycles. The van der Waals surface area contributed by atoms with Gasteiger partial charge < -0.3 is 10.1 Å². The van der Waals surface area contributed by atoms with Crippen LogP contribution < -0.4 is 5.32 Å². The van der Waals surface area contributed by atoms with Gasteiger partial charge in [-0.1, -0.05) is 32.0 Å². The second-order valence-corrected chi connectivity index (χ2v) is 5.67. The number of carbonyl (C=O) groups is 2. The van der Waals surface area contributed by atoms with Crippen LogP contribution in [0.1, 0.15) is 41.3 Å². The molecule has 0 aliphatic heterocycles. The van der Waals surface area contributed by atoms with Gasteiger partial charge in [-0.3, -0.25) is 4.79 Å². The molecule has 1 N–H and O–H groups in total. The summed E-state index contributed by atoms with van der Waals surface area (Å²) in [6.07, 6.45) is 0. The van der Waals surface area contributed by atoms with Gasteiger partial charge in [0.15, 0.2) is 6.61 Å². The van der Waals surface area contributed by atoms with Crippen LogP contribution in [-0.2, 0) is 9.53 Å². The molecule has 0 fully saturated rings. The summed E-state index contributed by atoms with van der Waals surface area (Å²) in [6.45, 7) is 3.46. The van der Waals surface area contributed by atoms with Gasteiger partial charge in [-0.05, 0) is 35.7 Å². The Morgan fingerprint density at radius 1 is 1.24 bits per heavy atom. The minimum atomic E-state index is -0.964. The standard InChI is InChI=1S/C19H17FN2O3/c1-12(2)14-5-3-4-6-17(14)22-18(23)11-25-19(24)15-8-7-13(10-21)9-16(15)20/h3-9,12H,11H2,1-2H3,(H,22,23). The molecule has 0 saturated carbocycles. The zero-order valence-corrected chi connectivity index (χ0v) is 13.9. The quantitative estimate of drug-likeness (QED) is 0.843. The van der Waals surface area contributed by atoms with Crippen LogP contribution in [0, 0.1) is 17.1 Å². The summed E-state index contributed by atoms with van der Waals surface area (Å²) < 4.78 is 18.6. The van der Waals surface area contributed by atoms with E-state index in [1.54, 1.807) is 18.2 Å². The van der Waals surface area contributed by atoms with Crippen molar-refractivity contribution >= 4 is 17.6 Å². The van der Waals surface area contributed by atoms with Gasteiger partial charge in [0.2, 0.25) is 0 Å². The molecule has 0 aromatic heterocycles. The topological polar surface area (TPSA) is 79.2 Å². The zero-order chi connectivity index (χ0) is 18.4. The molecule has 5 nitrogen and oxygen atoms in total. The summed E-state index contributed by atoms with van der Waals surface area (Å²) >= 11 is 0. The Bertz CT molecular complexity index is 841. The van der Waals surface area contributed by atoms with Crippen molar-refractivity contribution in [3.63, 3.8) is 0 Å². The van der Waals surface area contributed by atoms with E-state index in [-0.39, 0.29) is 17.0 Å². The third-order valence-corrected chi connectivity index (χ3v) is 3.51. The summed E-state index contributed by atoms with van der Waals surface area (Å²) in [7, 11) is 0. The van der Waals surface area contributed by atoms with Crippen molar-refractivity contribution in [2.45, 2.75) is 19.8 Å². The van der Waals surface area contributed by atoms with Crippen molar-refractivity contribution in [2.75, 3.05) is 11.9 Å².